The molecule has 0 amide bonds. The van der Waals surface area contributed by atoms with Crippen LogP contribution in [0.4, 0.5) is 0 Å². The number of benzene rings is 1. The van der Waals surface area contributed by atoms with E-state index in [-0.39, 0.29) is 10.6 Å². The molecule has 0 spiro atoms. The summed E-state index contributed by atoms with van der Waals surface area (Å²) < 4.78 is 22.0. The van der Waals surface area contributed by atoms with Crippen LogP contribution in [-0.2, 0) is 18.7 Å². The van der Waals surface area contributed by atoms with Crippen LogP contribution in [-0.4, -0.2) is 14.4 Å². The van der Waals surface area contributed by atoms with E-state index in [2.05, 4.69) is 9.78 Å². The van der Waals surface area contributed by atoms with Crippen LogP contribution in [0, 0.1) is 6.92 Å². The van der Waals surface area contributed by atoms with E-state index >= 15 is 0 Å². The van der Waals surface area contributed by atoms with Gasteiger partial charge in [0.05, 0.1) is 4.90 Å². The molecular formula is C9H9ClO5S. The van der Waals surface area contributed by atoms with E-state index < -0.39 is 15.0 Å². The van der Waals surface area contributed by atoms with Crippen molar-refractivity contribution in [3.8, 4) is 5.75 Å². The van der Waals surface area contributed by atoms with Gasteiger partial charge in [-0.2, -0.15) is 0 Å². The number of hydrogen-bond donors (Lipinski definition) is 0. The Bertz CT molecular complexity index is 509. The maximum Gasteiger partial charge on any atom is 0.352 e. The zero-order valence-corrected chi connectivity index (χ0v) is 10.1. The van der Waals surface area contributed by atoms with Crippen LogP contribution >= 0.6 is 10.7 Å². The molecule has 0 aliphatic rings. The summed E-state index contributed by atoms with van der Waals surface area (Å²) in [5.41, 5.74) is 0.489. The number of carbonyl (C=O) groups is 1. The highest BCUT2D eigenvalue weighted by Gasteiger charge is 2.12. The van der Waals surface area contributed by atoms with Gasteiger partial charge in [-0.1, -0.05) is 0 Å². The lowest BCUT2D eigenvalue weighted by Gasteiger charge is -2.06. The summed E-state index contributed by atoms with van der Waals surface area (Å²) in [4.78, 5) is 19.4. The number of halogens is 1. The van der Waals surface area contributed by atoms with Crippen molar-refractivity contribution in [3.05, 3.63) is 23.8 Å². The first kappa shape index (κ1) is 12.8. The second-order valence-corrected chi connectivity index (χ2v) is 5.59. The van der Waals surface area contributed by atoms with Gasteiger partial charge < -0.3 is 0 Å². The molecule has 0 heterocycles. The Morgan fingerprint density at radius 2 is 2.00 bits per heavy atom. The van der Waals surface area contributed by atoms with Crippen LogP contribution < -0.4 is 4.89 Å². The third-order valence-corrected chi connectivity index (χ3v) is 3.03. The molecule has 0 radical (unpaired) electrons. The second kappa shape index (κ2) is 4.71. The maximum absolute atomic E-state index is 11.0. The Kier molecular flexibility index (Phi) is 3.77. The van der Waals surface area contributed by atoms with Crippen molar-refractivity contribution in [3.63, 3.8) is 0 Å². The quantitative estimate of drug-likeness (QED) is 0.473. The van der Waals surface area contributed by atoms with Crippen molar-refractivity contribution in [2.45, 2.75) is 18.7 Å². The van der Waals surface area contributed by atoms with Gasteiger partial charge in [-0.05, 0) is 30.7 Å². The first-order valence-electron chi connectivity index (χ1n) is 4.21. The Morgan fingerprint density at radius 1 is 1.38 bits per heavy atom. The van der Waals surface area contributed by atoms with Gasteiger partial charge in [0.1, 0.15) is 0 Å². The van der Waals surface area contributed by atoms with Gasteiger partial charge >= 0.3 is 5.97 Å². The summed E-state index contributed by atoms with van der Waals surface area (Å²) in [7, 11) is 1.39. The Labute approximate surface area is 97.3 Å². The molecule has 0 atom stereocenters. The molecule has 88 valence electrons. The highest BCUT2D eigenvalue weighted by Crippen LogP contribution is 2.23. The normalized spacial score (nSPS) is 10.9. The van der Waals surface area contributed by atoms with Crippen LogP contribution in [0.2, 0.25) is 0 Å². The van der Waals surface area contributed by atoms with Crippen molar-refractivity contribution in [1.82, 2.24) is 0 Å². The van der Waals surface area contributed by atoms with Gasteiger partial charge in [0.25, 0.3) is 9.05 Å². The molecule has 0 aliphatic carbocycles. The van der Waals surface area contributed by atoms with Crippen LogP contribution in [0.15, 0.2) is 23.1 Å². The predicted octanol–water partition coefficient (Wildman–Crippen LogP) is 1.78. The van der Waals surface area contributed by atoms with E-state index in [1.165, 1.54) is 25.1 Å². The standard InChI is InChI=1S/C9H9ClO5S/c1-6-5-8(16(10,12)13)3-4-9(6)15-14-7(2)11/h3-5H,1-2H3. The molecule has 0 saturated heterocycles. The maximum atomic E-state index is 11.0. The van der Waals surface area contributed by atoms with Crippen molar-refractivity contribution >= 4 is 25.7 Å². The Balaban J connectivity index is 2.96. The van der Waals surface area contributed by atoms with E-state index in [1.54, 1.807) is 6.92 Å². The van der Waals surface area contributed by atoms with Crippen LogP contribution in [0.3, 0.4) is 0 Å². The largest absolute Gasteiger partial charge is 0.352 e. The Morgan fingerprint density at radius 3 is 2.44 bits per heavy atom. The van der Waals surface area contributed by atoms with Crippen LogP contribution in [0.5, 0.6) is 5.75 Å². The number of aryl methyl sites for hydroxylation is 1. The van der Waals surface area contributed by atoms with Crippen LogP contribution in [0.25, 0.3) is 0 Å². The van der Waals surface area contributed by atoms with Gasteiger partial charge in [-0.25, -0.2) is 13.2 Å². The molecule has 7 heteroatoms. The fourth-order valence-electron chi connectivity index (χ4n) is 0.971. The average Bonchev–Trinajstić information content (AvgIpc) is 2.14. The molecule has 16 heavy (non-hydrogen) atoms. The zero-order valence-electron chi connectivity index (χ0n) is 8.56. The lowest BCUT2D eigenvalue weighted by atomic mass is 10.2. The topological polar surface area (TPSA) is 69.7 Å². The van der Waals surface area contributed by atoms with E-state index in [0.29, 0.717) is 5.56 Å². The predicted molar refractivity (Wildman–Crippen MR) is 56.6 cm³/mol. The van der Waals surface area contributed by atoms with E-state index in [0.717, 1.165) is 0 Å². The number of carbonyl (C=O) groups excluding carboxylic acids is 1. The summed E-state index contributed by atoms with van der Waals surface area (Å²) in [5.74, 6) is -0.354. The SMILES string of the molecule is CC(=O)OOc1ccc(S(=O)(=O)Cl)cc1C. The van der Waals surface area contributed by atoms with Crippen molar-refractivity contribution in [2.24, 2.45) is 0 Å². The third-order valence-electron chi connectivity index (χ3n) is 1.68. The highest BCUT2D eigenvalue weighted by molar-refractivity contribution is 8.13. The van der Waals surface area contributed by atoms with E-state index in [9.17, 15) is 13.2 Å². The molecule has 1 aromatic carbocycles. The summed E-state index contributed by atoms with van der Waals surface area (Å²) in [6.07, 6.45) is 0. The molecule has 0 bridgehead atoms. The molecule has 0 saturated carbocycles. The molecule has 5 nitrogen and oxygen atoms in total. The van der Waals surface area contributed by atoms with E-state index in [4.69, 9.17) is 10.7 Å². The minimum atomic E-state index is -3.76. The monoisotopic (exact) mass is 264 g/mol. The Hall–Kier alpha value is -1.27. The smallest absolute Gasteiger partial charge is 0.287 e. The van der Waals surface area contributed by atoms with Gasteiger partial charge in [-0.15, -0.1) is 0 Å². The molecular weight excluding hydrogens is 256 g/mol. The third kappa shape index (κ3) is 3.39. The first-order chi connectivity index (χ1) is 7.30. The molecule has 0 unspecified atom stereocenters. The fraction of sp³-hybridized carbons (Fsp3) is 0.222. The molecule has 0 aliphatic heterocycles. The van der Waals surface area contributed by atoms with Crippen molar-refractivity contribution in [2.75, 3.05) is 0 Å². The zero-order chi connectivity index (χ0) is 12.3. The second-order valence-electron chi connectivity index (χ2n) is 3.02. The highest BCUT2D eigenvalue weighted by atomic mass is 35.7. The van der Waals surface area contributed by atoms with Gasteiger partial charge in [0.15, 0.2) is 5.75 Å². The summed E-state index contributed by atoms with van der Waals surface area (Å²) in [6.45, 7) is 2.79. The minimum Gasteiger partial charge on any atom is -0.287 e. The summed E-state index contributed by atoms with van der Waals surface area (Å²) in [5, 5.41) is 0. The van der Waals surface area contributed by atoms with Gasteiger partial charge in [-0.3, -0.25) is 9.78 Å². The van der Waals surface area contributed by atoms with E-state index in [1.807, 2.05) is 0 Å². The molecule has 0 fully saturated rings. The molecule has 1 aromatic rings. The van der Waals surface area contributed by atoms with Gasteiger partial charge in [0, 0.05) is 17.6 Å². The molecule has 0 aromatic heterocycles. The average molecular weight is 265 g/mol. The molecule has 1 rings (SSSR count). The minimum absolute atomic E-state index is 0.0400. The first-order valence-corrected chi connectivity index (χ1v) is 6.52. The fourth-order valence-corrected chi connectivity index (χ4v) is 1.81. The van der Waals surface area contributed by atoms with Crippen molar-refractivity contribution in [1.29, 1.82) is 0 Å². The lowest BCUT2D eigenvalue weighted by molar-refractivity contribution is -0.211. The number of rotatable bonds is 3. The summed E-state index contributed by atoms with van der Waals surface area (Å²) in [6, 6.07) is 3.93. The van der Waals surface area contributed by atoms with Crippen molar-refractivity contribution < 1.29 is 23.0 Å². The van der Waals surface area contributed by atoms with Gasteiger partial charge in [0.2, 0.25) is 0 Å². The lowest BCUT2D eigenvalue weighted by Crippen LogP contribution is -2.04. The number of hydrogen-bond acceptors (Lipinski definition) is 5. The summed E-state index contributed by atoms with van der Waals surface area (Å²) >= 11 is 0. The van der Waals surface area contributed by atoms with Crippen LogP contribution in [0.1, 0.15) is 12.5 Å². The molecule has 0 N–H and O–H groups in total.